The molecule has 0 radical (unpaired) electrons. The van der Waals surface area contributed by atoms with Crippen LogP contribution in [-0.4, -0.2) is 23.5 Å². The second-order valence-electron chi connectivity index (χ2n) is 3.99. The van der Waals surface area contributed by atoms with Gasteiger partial charge in [0.05, 0.1) is 0 Å². The molecule has 0 aromatic carbocycles. The summed E-state index contributed by atoms with van der Waals surface area (Å²) in [6.07, 6.45) is 0. The minimum Gasteiger partial charge on any atom is -0.359 e. The van der Waals surface area contributed by atoms with E-state index in [1.54, 1.807) is 5.06 Å². The molecule has 3 nitrogen and oxygen atoms in total. The molecule has 0 amide bonds. The molecule has 0 aliphatic rings. The molecule has 13 heavy (non-hydrogen) atoms. The number of hydrogen-bond acceptors (Lipinski definition) is 3. The second-order valence-corrected chi connectivity index (χ2v) is 4.36. The average molecular weight is 205 g/mol. The van der Waals surface area contributed by atoms with Gasteiger partial charge < -0.3 is 4.84 Å². The van der Waals surface area contributed by atoms with Crippen LogP contribution in [0.3, 0.4) is 0 Å². The molecule has 0 aliphatic heterocycles. The molecule has 0 bridgehead atoms. The van der Waals surface area contributed by atoms with Crippen LogP contribution in [0.2, 0.25) is 0 Å². The highest BCUT2D eigenvalue weighted by atomic mass is 32.1. The Hall–Kier alpha value is -0.220. The minimum atomic E-state index is -0.540. The van der Waals surface area contributed by atoms with Gasteiger partial charge in [-0.25, -0.2) is 4.79 Å². The summed E-state index contributed by atoms with van der Waals surface area (Å²) in [5, 5.41) is 1.13. The summed E-state index contributed by atoms with van der Waals surface area (Å²) in [5.41, 5.74) is 0. The van der Waals surface area contributed by atoms with Crippen LogP contribution in [0.5, 0.6) is 0 Å². The number of nitrogens with zero attached hydrogens (tertiary/aromatic N) is 1. The molecule has 0 fully saturated rings. The van der Waals surface area contributed by atoms with Crippen molar-refractivity contribution >= 4 is 17.9 Å². The van der Waals surface area contributed by atoms with E-state index < -0.39 is 5.30 Å². The number of rotatable bonds is 5. The first-order valence-corrected chi connectivity index (χ1v) is 5.02. The summed E-state index contributed by atoms with van der Waals surface area (Å²) in [7, 11) is 0. The first kappa shape index (κ1) is 12.8. The normalized spacial score (nSPS) is 11.4. The Bertz CT molecular complexity index is 150. The Kier molecular flexibility index (Phi) is 6.16. The average Bonchev–Trinajstić information content (AvgIpc) is 1.80. The standard InChI is InChI=1S/C9H19NO2S/c1-7(2)5-10(6-8(3)4)12-9(11)13/h7-8H,5-6H2,1-4H3,(H,11,13). The lowest BCUT2D eigenvalue weighted by atomic mass is 10.2. The summed E-state index contributed by atoms with van der Waals surface area (Å²) in [6, 6.07) is 0. The molecule has 0 aliphatic carbocycles. The van der Waals surface area contributed by atoms with Crippen LogP contribution < -0.4 is 0 Å². The van der Waals surface area contributed by atoms with Crippen molar-refractivity contribution in [3.05, 3.63) is 0 Å². The third kappa shape index (κ3) is 8.12. The fourth-order valence-electron chi connectivity index (χ4n) is 1.07. The van der Waals surface area contributed by atoms with Crippen LogP contribution in [-0.2, 0) is 4.84 Å². The molecule has 0 aromatic heterocycles. The van der Waals surface area contributed by atoms with Crippen LogP contribution >= 0.6 is 12.6 Å². The van der Waals surface area contributed by atoms with Gasteiger partial charge in [0.15, 0.2) is 0 Å². The maximum atomic E-state index is 10.6. The third-order valence-electron chi connectivity index (χ3n) is 1.34. The zero-order valence-electron chi connectivity index (χ0n) is 8.78. The SMILES string of the molecule is CC(C)CN(CC(C)C)OC(=O)S. The van der Waals surface area contributed by atoms with Gasteiger partial charge in [-0.1, -0.05) is 40.3 Å². The van der Waals surface area contributed by atoms with E-state index in [1.807, 2.05) is 0 Å². The Morgan fingerprint density at radius 1 is 1.23 bits per heavy atom. The highest BCUT2D eigenvalue weighted by molar-refractivity contribution is 7.96. The van der Waals surface area contributed by atoms with Gasteiger partial charge in [-0.05, 0) is 11.8 Å². The van der Waals surface area contributed by atoms with Gasteiger partial charge in [0.25, 0.3) is 0 Å². The first-order chi connectivity index (χ1) is 5.91. The van der Waals surface area contributed by atoms with Gasteiger partial charge in [-0.15, -0.1) is 5.06 Å². The molecule has 0 saturated carbocycles. The van der Waals surface area contributed by atoms with E-state index in [1.165, 1.54) is 0 Å². The smallest absolute Gasteiger partial charge is 0.359 e. The molecule has 0 atom stereocenters. The Labute approximate surface area is 85.8 Å². The number of carbonyl (C=O) groups is 1. The molecule has 0 unspecified atom stereocenters. The predicted molar refractivity (Wildman–Crippen MR) is 56.7 cm³/mol. The molecule has 4 heteroatoms. The van der Waals surface area contributed by atoms with Crippen LogP contribution in [0, 0.1) is 11.8 Å². The molecule has 78 valence electrons. The van der Waals surface area contributed by atoms with E-state index in [-0.39, 0.29) is 0 Å². The summed E-state index contributed by atoms with van der Waals surface area (Å²) in [4.78, 5) is 15.5. The zero-order chi connectivity index (χ0) is 10.4. The maximum absolute atomic E-state index is 10.6. The highest BCUT2D eigenvalue weighted by Crippen LogP contribution is 2.05. The van der Waals surface area contributed by atoms with Gasteiger partial charge in [-0.2, -0.15) is 0 Å². The van der Waals surface area contributed by atoms with E-state index in [9.17, 15) is 4.79 Å². The zero-order valence-corrected chi connectivity index (χ0v) is 9.67. The number of hydrogen-bond donors (Lipinski definition) is 1. The molecule has 0 N–H and O–H groups in total. The summed E-state index contributed by atoms with van der Waals surface area (Å²) >= 11 is 3.58. The number of carbonyl (C=O) groups excluding carboxylic acids is 1. The lowest BCUT2D eigenvalue weighted by Gasteiger charge is -2.23. The number of thiol groups is 1. The van der Waals surface area contributed by atoms with Crippen molar-refractivity contribution in [2.24, 2.45) is 11.8 Å². The monoisotopic (exact) mass is 205 g/mol. The first-order valence-electron chi connectivity index (χ1n) is 4.57. The molecular formula is C9H19NO2S. The van der Waals surface area contributed by atoms with E-state index in [4.69, 9.17) is 4.84 Å². The Morgan fingerprint density at radius 2 is 1.62 bits per heavy atom. The van der Waals surface area contributed by atoms with Crippen molar-refractivity contribution in [3.8, 4) is 0 Å². The molecule has 0 spiro atoms. The van der Waals surface area contributed by atoms with E-state index in [2.05, 4.69) is 40.3 Å². The largest absolute Gasteiger partial charge is 0.383 e. The molecule has 0 heterocycles. The van der Waals surface area contributed by atoms with Gasteiger partial charge in [-0.3, -0.25) is 0 Å². The van der Waals surface area contributed by atoms with E-state index >= 15 is 0 Å². The van der Waals surface area contributed by atoms with Crippen molar-refractivity contribution in [1.29, 1.82) is 0 Å². The Morgan fingerprint density at radius 3 is 1.85 bits per heavy atom. The van der Waals surface area contributed by atoms with Crippen LogP contribution in [0.4, 0.5) is 4.79 Å². The quantitative estimate of drug-likeness (QED) is 0.552. The fourth-order valence-corrected chi connectivity index (χ4v) is 1.19. The topological polar surface area (TPSA) is 29.5 Å². The third-order valence-corrected chi connectivity index (χ3v) is 1.43. The lowest BCUT2D eigenvalue weighted by molar-refractivity contribution is -0.102. The molecule has 0 aromatic rings. The highest BCUT2D eigenvalue weighted by Gasteiger charge is 2.12. The van der Waals surface area contributed by atoms with Gasteiger partial charge in [0.1, 0.15) is 0 Å². The minimum absolute atomic E-state index is 0.478. The maximum Gasteiger partial charge on any atom is 0.383 e. The van der Waals surface area contributed by atoms with Crippen molar-refractivity contribution in [2.45, 2.75) is 27.7 Å². The van der Waals surface area contributed by atoms with Crippen molar-refractivity contribution in [1.82, 2.24) is 5.06 Å². The van der Waals surface area contributed by atoms with E-state index in [0.29, 0.717) is 11.8 Å². The van der Waals surface area contributed by atoms with Gasteiger partial charge in [0, 0.05) is 13.1 Å². The van der Waals surface area contributed by atoms with Gasteiger partial charge >= 0.3 is 5.30 Å². The number of hydroxylamine groups is 2. The fraction of sp³-hybridized carbons (Fsp3) is 0.889. The van der Waals surface area contributed by atoms with Gasteiger partial charge in [0.2, 0.25) is 0 Å². The van der Waals surface area contributed by atoms with Crippen molar-refractivity contribution in [3.63, 3.8) is 0 Å². The second kappa shape index (κ2) is 6.27. The molecule has 0 saturated heterocycles. The van der Waals surface area contributed by atoms with Crippen LogP contribution in [0.1, 0.15) is 27.7 Å². The van der Waals surface area contributed by atoms with Crippen molar-refractivity contribution in [2.75, 3.05) is 13.1 Å². The lowest BCUT2D eigenvalue weighted by Crippen LogP contribution is -2.32. The van der Waals surface area contributed by atoms with Crippen LogP contribution in [0.15, 0.2) is 0 Å². The summed E-state index contributed by atoms with van der Waals surface area (Å²) in [6.45, 7) is 9.84. The van der Waals surface area contributed by atoms with Crippen molar-refractivity contribution < 1.29 is 9.63 Å². The van der Waals surface area contributed by atoms with Crippen LogP contribution in [0.25, 0.3) is 0 Å². The predicted octanol–water partition coefficient (Wildman–Crippen LogP) is 2.58. The molecular weight excluding hydrogens is 186 g/mol. The summed E-state index contributed by atoms with van der Waals surface area (Å²) in [5.74, 6) is 0.956. The molecule has 0 rings (SSSR count). The summed E-state index contributed by atoms with van der Waals surface area (Å²) < 4.78 is 0. The Balaban J connectivity index is 3.95. The van der Waals surface area contributed by atoms with E-state index in [0.717, 1.165) is 13.1 Å².